The zero-order valence-corrected chi connectivity index (χ0v) is 4.29. The van der Waals surface area contributed by atoms with E-state index in [1.165, 1.54) is 0 Å². The molecular formula is C2H7NO2S. The van der Waals surface area contributed by atoms with Crippen LogP contribution in [-0.4, -0.2) is 18.2 Å². The second-order valence-corrected chi connectivity index (χ2v) is 1.36. The Morgan fingerprint density at radius 3 is 2.83 bits per heavy atom. The van der Waals surface area contributed by atoms with Gasteiger partial charge >= 0.3 is 0 Å². The highest BCUT2D eigenvalue weighted by atomic mass is 32.2. The Morgan fingerprint density at radius 1 is 2.00 bits per heavy atom. The smallest absolute Gasteiger partial charge is 0.0715 e. The third-order valence-corrected chi connectivity index (χ3v) is 0.768. The minimum absolute atomic E-state index is 0.608. The number of hydrogen-bond donors (Lipinski definition) is 2. The molecule has 38 valence electrons. The molecule has 0 aromatic carbocycles. The van der Waals surface area contributed by atoms with Gasteiger partial charge in [0, 0.05) is 12.0 Å². The summed E-state index contributed by atoms with van der Waals surface area (Å²) in [5, 5.41) is 10.4. The molecule has 0 saturated heterocycles. The molecule has 0 bridgehead atoms. The van der Waals surface area contributed by atoms with Gasteiger partial charge in [-0.2, -0.15) is 4.33 Å². The van der Waals surface area contributed by atoms with Crippen LogP contribution in [0, 0.1) is 0 Å². The van der Waals surface area contributed by atoms with E-state index in [1.807, 2.05) is 0 Å². The Balaban J connectivity index is 2.34. The average molecular weight is 109 g/mol. The summed E-state index contributed by atoms with van der Waals surface area (Å²) in [6.45, 7) is 0. The Morgan fingerprint density at radius 2 is 2.67 bits per heavy atom. The summed E-state index contributed by atoms with van der Waals surface area (Å²) in [5.74, 6) is 0.608. The second-order valence-electron chi connectivity index (χ2n) is 0.690. The van der Waals surface area contributed by atoms with Gasteiger partial charge in [0.25, 0.3) is 0 Å². The Bertz CT molecular complexity index is 23.5. The van der Waals surface area contributed by atoms with E-state index in [1.54, 1.807) is 7.05 Å². The van der Waals surface area contributed by atoms with Gasteiger partial charge in [0.2, 0.25) is 0 Å². The fourth-order valence-electron chi connectivity index (χ4n) is 0.0853. The van der Waals surface area contributed by atoms with E-state index >= 15 is 0 Å². The maximum atomic E-state index is 7.62. The van der Waals surface area contributed by atoms with Crippen LogP contribution in [0.15, 0.2) is 0 Å². The summed E-state index contributed by atoms with van der Waals surface area (Å²) in [6.07, 6.45) is 0. The van der Waals surface area contributed by atoms with Gasteiger partial charge in [-0.15, -0.1) is 0 Å². The standard InChI is InChI=1S/C2H7NO2S/c1-3-2-6-5-4/h3-4H,2H2,1H3. The predicted molar refractivity (Wildman–Crippen MR) is 25.2 cm³/mol. The van der Waals surface area contributed by atoms with Crippen molar-refractivity contribution in [2.24, 2.45) is 0 Å². The average Bonchev–Trinajstić information content (AvgIpc) is 1.61. The number of hydrogen-bond acceptors (Lipinski definition) is 4. The summed E-state index contributed by atoms with van der Waals surface area (Å²) in [5.41, 5.74) is 0. The van der Waals surface area contributed by atoms with Crippen LogP contribution < -0.4 is 5.32 Å². The summed E-state index contributed by atoms with van der Waals surface area (Å²) in [7, 11) is 1.77. The second kappa shape index (κ2) is 5.23. The molecule has 0 aliphatic rings. The van der Waals surface area contributed by atoms with Gasteiger partial charge in [-0.25, -0.2) is 5.26 Å². The first-order chi connectivity index (χ1) is 2.91. The molecule has 4 heteroatoms. The first-order valence-electron chi connectivity index (χ1n) is 1.49. The van der Waals surface area contributed by atoms with E-state index in [9.17, 15) is 0 Å². The van der Waals surface area contributed by atoms with Crippen molar-refractivity contribution in [2.45, 2.75) is 0 Å². The topological polar surface area (TPSA) is 41.5 Å². The molecule has 0 atom stereocenters. The minimum Gasteiger partial charge on any atom is -0.309 e. The third kappa shape index (κ3) is 4.23. The van der Waals surface area contributed by atoms with Crippen LogP contribution in [0.2, 0.25) is 0 Å². The first-order valence-corrected chi connectivity index (χ1v) is 2.40. The largest absolute Gasteiger partial charge is 0.309 e. The van der Waals surface area contributed by atoms with Crippen LogP contribution in [0.25, 0.3) is 0 Å². The van der Waals surface area contributed by atoms with E-state index in [0.29, 0.717) is 5.88 Å². The highest BCUT2D eigenvalue weighted by Crippen LogP contribution is 1.91. The minimum atomic E-state index is 0.608. The van der Waals surface area contributed by atoms with Gasteiger partial charge in [0.05, 0.1) is 5.88 Å². The van der Waals surface area contributed by atoms with Crippen LogP contribution in [0.5, 0.6) is 0 Å². The number of rotatable bonds is 3. The zero-order valence-electron chi connectivity index (χ0n) is 3.47. The molecule has 0 amide bonds. The van der Waals surface area contributed by atoms with E-state index in [2.05, 4.69) is 9.65 Å². The third-order valence-electron chi connectivity index (χ3n) is 0.256. The van der Waals surface area contributed by atoms with Crippen LogP contribution >= 0.6 is 12.0 Å². The van der Waals surface area contributed by atoms with E-state index in [-0.39, 0.29) is 0 Å². The molecule has 2 N–H and O–H groups in total. The molecule has 3 nitrogen and oxygen atoms in total. The van der Waals surface area contributed by atoms with Gasteiger partial charge in [-0.05, 0) is 7.05 Å². The lowest BCUT2D eigenvalue weighted by Gasteiger charge is -1.88. The summed E-state index contributed by atoms with van der Waals surface area (Å²) in [4.78, 5) is 0. The van der Waals surface area contributed by atoms with E-state index in [0.717, 1.165) is 12.0 Å². The molecule has 0 rings (SSSR count). The molecule has 6 heavy (non-hydrogen) atoms. The van der Waals surface area contributed by atoms with Crippen molar-refractivity contribution in [3.8, 4) is 0 Å². The Hall–Kier alpha value is 0.230. The Labute approximate surface area is 40.8 Å². The molecule has 0 radical (unpaired) electrons. The molecule has 0 aliphatic heterocycles. The number of nitrogens with one attached hydrogen (secondary N) is 1. The normalized spacial score (nSPS) is 9.00. The molecular weight excluding hydrogens is 102 g/mol. The highest BCUT2D eigenvalue weighted by Gasteiger charge is 1.75. The predicted octanol–water partition coefficient (Wildman–Crippen LogP) is 0.301. The highest BCUT2D eigenvalue weighted by molar-refractivity contribution is 7.94. The monoisotopic (exact) mass is 109 g/mol. The molecule has 0 spiro atoms. The molecule has 0 fully saturated rings. The van der Waals surface area contributed by atoms with Crippen molar-refractivity contribution in [3.63, 3.8) is 0 Å². The van der Waals surface area contributed by atoms with Gasteiger partial charge in [0.15, 0.2) is 0 Å². The van der Waals surface area contributed by atoms with Gasteiger partial charge in [-0.3, -0.25) is 0 Å². The Kier molecular flexibility index (Phi) is 5.43. The van der Waals surface area contributed by atoms with Crippen molar-refractivity contribution in [1.82, 2.24) is 5.32 Å². The summed E-state index contributed by atoms with van der Waals surface area (Å²) >= 11 is 0.953. The maximum absolute atomic E-state index is 7.62. The molecule has 0 saturated carbocycles. The quantitative estimate of drug-likeness (QED) is 0.180. The summed E-state index contributed by atoms with van der Waals surface area (Å²) in [6, 6.07) is 0. The molecule has 0 unspecified atom stereocenters. The lowest BCUT2D eigenvalue weighted by Crippen LogP contribution is -2.02. The lowest BCUT2D eigenvalue weighted by atomic mass is 11.3. The first kappa shape index (κ1) is 6.23. The molecule has 0 aromatic heterocycles. The van der Waals surface area contributed by atoms with Gasteiger partial charge in [0.1, 0.15) is 0 Å². The lowest BCUT2D eigenvalue weighted by molar-refractivity contribution is -0.116. The molecule has 0 heterocycles. The zero-order chi connectivity index (χ0) is 4.83. The maximum Gasteiger partial charge on any atom is 0.0715 e. The van der Waals surface area contributed by atoms with Crippen LogP contribution in [0.4, 0.5) is 0 Å². The van der Waals surface area contributed by atoms with Crippen LogP contribution in [0.1, 0.15) is 0 Å². The fourth-order valence-corrected chi connectivity index (χ4v) is 0.256. The van der Waals surface area contributed by atoms with Crippen LogP contribution in [-0.2, 0) is 4.33 Å². The summed E-state index contributed by atoms with van der Waals surface area (Å²) < 4.78 is 3.64. The van der Waals surface area contributed by atoms with E-state index in [4.69, 9.17) is 5.26 Å². The van der Waals surface area contributed by atoms with Crippen molar-refractivity contribution in [1.29, 1.82) is 0 Å². The van der Waals surface area contributed by atoms with Crippen molar-refractivity contribution in [2.75, 3.05) is 12.9 Å². The molecule has 0 aliphatic carbocycles. The molecule has 0 aromatic rings. The van der Waals surface area contributed by atoms with Crippen molar-refractivity contribution < 1.29 is 9.59 Å². The van der Waals surface area contributed by atoms with Gasteiger partial charge < -0.3 is 5.32 Å². The van der Waals surface area contributed by atoms with Gasteiger partial charge in [-0.1, -0.05) is 0 Å². The van der Waals surface area contributed by atoms with Crippen molar-refractivity contribution >= 4 is 12.0 Å². The SMILES string of the molecule is CNCSOO. The van der Waals surface area contributed by atoms with E-state index < -0.39 is 0 Å². The van der Waals surface area contributed by atoms with Crippen LogP contribution in [0.3, 0.4) is 0 Å². The fraction of sp³-hybridized carbons (Fsp3) is 1.00. The van der Waals surface area contributed by atoms with Crippen molar-refractivity contribution in [3.05, 3.63) is 0 Å².